The molecule has 1 fully saturated rings. The first kappa shape index (κ1) is 20.3. The zero-order valence-electron chi connectivity index (χ0n) is 16.9. The van der Waals surface area contributed by atoms with Gasteiger partial charge in [0.05, 0.1) is 5.69 Å². The topological polar surface area (TPSA) is 84.0 Å². The van der Waals surface area contributed by atoms with Crippen molar-refractivity contribution in [1.29, 1.82) is 0 Å². The standard InChI is InChI=1S/C22H19FN4O4S/c23-15-3-1-2-4-17(15)26-7-9-27(10-8-26)21(29)16-12-32-22(24-16)25-20(28)14-5-6-18-19(11-14)31-13-30-18/h1-6,11-12H,7-10,13H2,(H,24,25,28). The predicted octanol–water partition coefficient (Wildman–Crippen LogP) is 3.23. The molecule has 0 unspecified atom stereocenters. The van der Waals surface area contributed by atoms with Crippen molar-refractivity contribution in [1.82, 2.24) is 9.88 Å². The molecule has 0 bridgehead atoms. The molecule has 3 aromatic rings. The van der Waals surface area contributed by atoms with E-state index in [9.17, 15) is 14.0 Å². The van der Waals surface area contributed by atoms with Gasteiger partial charge in [0.15, 0.2) is 16.6 Å². The second-order valence-corrected chi connectivity index (χ2v) is 8.15. The van der Waals surface area contributed by atoms with Gasteiger partial charge in [-0.3, -0.25) is 14.9 Å². The maximum atomic E-state index is 14.0. The van der Waals surface area contributed by atoms with Crippen LogP contribution in [0.4, 0.5) is 15.2 Å². The van der Waals surface area contributed by atoms with Crippen molar-refractivity contribution in [2.24, 2.45) is 0 Å². The number of thiazole rings is 1. The Labute approximate surface area is 187 Å². The summed E-state index contributed by atoms with van der Waals surface area (Å²) in [5.41, 5.74) is 1.22. The van der Waals surface area contributed by atoms with Gasteiger partial charge in [0.1, 0.15) is 11.5 Å². The number of amides is 2. The van der Waals surface area contributed by atoms with Gasteiger partial charge in [-0.05, 0) is 30.3 Å². The third kappa shape index (κ3) is 3.96. The molecule has 0 saturated carbocycles. The Morgan fingerprint density at radius 3 is 2.62 bits per heavy atom. The molecule has 1 N–H and O–H groups in total. The number of nitrogens with one attached hydrogen (secondary N) is 1. The van der Waals surface area contributed by atoms with Crippen LogP contribution in [-0.4, -0.2) is 54.7 Å². The number of hydrogen-bond acceptors (Lipinski definition) is 7. The van der Waals surface area contributed by atoms with E-state index in [1.165, 1.54) is 17.4 Å². The Balaban J connectivity index is 1.20. The Morgan fingerprint density at radius 1 is 1.03 bits per heavy atom. The number of rotatable bonds is 4. The Bertz CT molecular complexity index is 1180. The van der Waals surface area contributed by atoms with Gasteiger partial charge >= 0.3 is 0 Å². The van der Waals surface area contributed by atoms with Crippen LogP contribution in [0.25, 0.3) is 0 Å². The normalized spacial score (nSPS) is 15.0. The zero-order valence-corrected chi connectivity index (χ0v) is 17.7. The van der Waals surface area contributed by atoms with Crippen molar-refractivity contribution in [3.63, 3.8) is 0 Å². The van der Waals surface area contributed by atoms with Gasteiger partial charge in [-0.1, -0.05) is 12.1 Å². The van der Waals surface area contributed by atoms with Gasteiger partial charge in [-0.15, -0.1) is 11.3 Å². The van der Waals surface area contributed by atoms with Crippen LogP contribution in [0.5, 0.6) is 11.5 Å². The number of benzene rings is 2. The number of halogens is 1. The molecule has 8 nitrogen and oxygen atoms in total. The van der Waals surface area contributed by atoms with E-state index in [2.05, 4.69) is 10.3 Å². The molecule has 0 radical (unpaired) electrons. The smallest absolute Gasteiger partial charge is 0.273 e. The van der Waals surface area contributed by atoms with Crippen LogP contribution in [0.15, 0.2) is 47.8 Å². The van der Waals surface area contributed by atoms with E-state index in [0.717, 1.165) is 0 Å². The number of ether oxygens (including phenoxy) is 2. The highest BCUT2D eigenvalue weighted by Gasteiger charge is 2.25. The molecule has 3 heterocycles. The van der Waals surface area contributed by atoms with E-state index in [1.54, 1.807) is 46.7 Å². The molecule has 2 aliphatic heterocycles. The minimum atomic E-state index is -0.352. The summed E-state index contributed by atoms with van der Waals surface area (Å²) in [6.07, 6.45) is 0. The second-order valence-electron chi connectivity index (χ2n) is 7.29. The van der Waals surface area contributed by atoms with Gasteiger partial charge < -0.3 is 19.3 Å². The summed E-state index contributed by atoms with van der Waals surface area (Å²) < 4.78 is 24.6. The number of carbonyl (C=O) groups is 2. The third-order valence-corrected chi connectivity index (χ3v) is 6.10. The highest BCUT2D eigenvalue weighted by atomic mass is 32.1. The molecule has 2 amide bonds. The highest BCUT2D eigenvalue weighted by Crippen LogP contribution is 2.32. The fourth-order valence-corrected chi connectivity index (χ4v) is 4.34. The lowest BCUT2D eigenvalue weighted by molar-refractivity contribution is 0.0741. The number of nitrogens with zero attached hydrogens (tertiary/aromatic N) is 3. The summed E-state index contributed by atoms with van der Waals surface area (Å²) in [7, 11) is 0. The van der Waals surface area contributed by atoms with E-state index in [4.69, 9.17) is 9.47 Å². The predicted molar refractivity (Wildman–Crippen MR) is 117 cm³/mol. The molecular weight excluding hydrogens is 435 g/mol. The summed E-state index contributed by atoms with van der Waals surface area (Å²) in [4.78, 5) is 33.3. The average molecular weight is 454 g/mol. The molecular formula is C22H19FN4O4S. The first-order chi connectivity index (χ1) is 15.6. The van der Waals surface area contributed by atoms with Crippen molar-refractivity contribution in [2.75, 3.05) is 43.2 Å². The molecule has 0 spiro atoms. The number of hydrogen-bond donors (Lipinski definition) is 1. The second kappa shape index (κ2) is 8.46. The van der Waals surface area contributed by atoms with Gasteiger partial charge in [-0.2, -0.15) is 0 Å². The summed E-state index contributed by atoms with van der Waals surface area (Å²) in [6, 6.07) is 11.5. The molecule has 10 heteroatoms. The van der Waals surface area contributed by atoms with Crippen LogP contribution in [0.1, 0.15) is 20.8 Å². The van der Waals surface area contributed by atoms with Gasteiger partial charge in [0.25, 0.3) is 11.8 Å². The number of carbonyl (C=O) groups excluding carboxylic acids is 2. The lowest BCUT2D eigenvalue weighted by atomic mass is 10.2. The maximum Gasteiger partial charge on any atom is 0.273 e. The van der Waals surface area contributed by atoms with Crippen LogP contribution < -0.4 is 19.7 Å². The van der Waals surface area contributed by atoms with E-state index >= 15 is 0 Å². The number of fused-ring (bicyclic) bond motifs is 1. The summed E-state index contributed by atoms with van der Waals surface area (Å²) >= 11 is 1.18. The number of aromatic nitrogens is 1. The number of piperazine rings is 1. The zero-order chi connectivity index (χ0) is 22.1. The molecule has 2 aromatic carbocycles. The maximum absolute atomic E-state index is 14.0. The average Bonchev–Trinajstić information content (AvgIpc) is 3.48. The summed E-state index contributed by atoms with van der Waals surface area (Å²) in [6.45, 7) is 2.12. The van der Waals surface area contributed by atoms with Crippen molar-refractivity contribution in [2.45, 2.75) is 0 Å². The number of para-hydroxylation sites is 1. The minimum absolute atomic E-state index is 0.132. The third-order valence-electron chi connectivity index (χ3n) is 5.34. The summed E-state index contributed by atoms with van der Waals surface area (Å²) in [5, 5.41) is 4.67. The number of anilines is 2. The highest BCUT2D eigenvalue weighted by molar-refractivity contribution is 7.14. The molecule has 32 heavy (non-hydrogen) atoms. The van der Waals surface area contributed by atoms with Crippen molar-refractivity contribution < 1.29 is 23.5 Å². The molecule has 2 aliphatic rings. The first-order valence-electron chi connectivity index (χ1n) is 10.0. The van der Waals surface area contributed by atoms with E-state index in [1.807, 2.05) is 4.90 Å². The Kier molecular flexibility index (Phi) is 5.36. The molecule has 164 valence electrons. The largest absolute Gasteiger partial charge is 0.454 e. The van der Waals surface area contributed by atoms with Gasteiger partial charge in [0, 0.05) is 37.1 Å². The van der Waals surface area contributed by atoms with Crippen LogP contribution in [0.3, 0.4) is 0 Å². The lowest BCUT2D eigenvalue weighted by Gasteiger charge is -2.35. The van der Waals surface area contributed by atoms with Crippen LogP contribution in [0, 0.1) is 5.82 Å². The Hall–Kier alpha value is -3.66. The van der Waals surface area contributed by atoms with Crippen LogP contribution in [-0.2, 0) is 0 Å². The van der Waals surface area contributed by atoms with Crippen molar-refractivity contribution in [3.8, 4) is 11.5 Å². The SMILES string of the molecule is O=C(Nc1nc(C(=O)N2CCN(c3ccccc3F)CC2)cs1)c1ccc2c(c1)OCO2. The molecule has 1 aromatic heterocycles. The van der Waals surface area contributed by atoms with E-state index in [0.29, 0.717) is 54.1 Å². The molecule has 1 saturated heterocycles. The van der Waals surface area contributed by atoms with E-state index < -0.39 is 0 Å². The van der Waals surface area contributed by atoms with Crippen molar-refractivity contribution in [3.05, 3.63) is 64.9 Å². The monoisotopic (exact) mass is 454 g/mol. The van der Waals surface area contributed by atoms with Gasteiger partial charge in [-0.25, -0.2) is 9.37 Å². The summed E-state index contributed by atoms with van der Waals surface area (Å²) in [5.74, 6) is 0.281. The van der Waals surface area contributed by atoms with Gasteiger partial charge in [0.2, 0.25) is 6.79 Å². The minimum Gasteiger partial charge on any atom is -0.454 e. The molecule has 0 aliphatic carbocycles. The van der Waals surface area contributed by atoms with Crippen LogP contribution >= 0.6 is 11.3 Å². The quantitative estimate of drug-likeness (QED) is 0.652. The first-order valence-corrected chi connectivity index (χ1v) is 10.9. The molecule has 0 atom stereocenters. The van der Waals surface area contributed by atoms with E-state index in [-0.39, 0.29) is 30.1 Å². The Morgan fingerprint density at radius 2 is 1.81 bits per heavy atom. The van der Waals surface area contributed by atoms with Crippen LogP contribution in [0.2, 0.25) is 0 Å². The fraction of sp³-hybridized carbons (Fsp3) is 0.227. The molecule has 5 rings (SSSR count). The lowest BCUT2D eigenvalue weighted by Crippen LogP contribution is -2.49. The fourth-order valence-electron chi connectivity index (χ4n) is 3.66. The van der Waals surface area contributed by atoms with Crippen molar-refractivity contribution >= 4 is 34.0 Å².